The summed E-state index contributed by atoms with van der Waals surface area (Å²) in [7, 11) is 0. The molecule has 1 unspecified atom stereocenters. The fourth-order valence-electron chi connectivity index (χ4n) is 2.13. The Bertz CT molecular complexity index is 649. The zero-order valence-electron chi connectivity index (χ0n) is 9.14. The van der Waals surface area contributed by atoms with Gasteiger partial charge in [0.1, 0.15) is 4.70 Å². The van der Waals surface area contributed by atoms with E-state index < -0.39 is 0 Å². The molecule has 17 heavy (non-hydrogen) atoms. The zero-order chi connectivity index (χ0) is 11.8. The highest BCUT2D eigenvalue weighted by molar-refractivity contribution is 8.00. The van der Waals surface area contributed by atoms with Crippen molar-refractivity contribution in [3.63, 3.8) is 0 Å². The minimum atomic E-state index is 0.0613. The lowest BCUT2D eigenvalue weighted by atomic mass is 10.2. The largest absolute Gasteiger partial charge is 0.331 e. The van der Waals surface area contributed by atoms with Crippen LogP contribution in [0.1, 0.15) is 12.8 Å². The number of aromatic nitrogens is 2. The minimum Gasteiger partial charge on any atom is -0.331 e. The van der Waals surface area contributed by atoms with Crippen LogP contribution in [0.25, 0.3) is 10.2 Å². The van der Waals surface area contributed by atoms with Crippen molar-refractivity contribution < 1.29 is 0 Å². The highest BCUT2D eigenvalue weighted by Gasteiger charge is 2.18. The topological polar surface area (TPSA) is 37.8 Å². The predicted molar refractivity (Wildman–Crippen MR) is 76.7 cm³/mol. The van der Waals surface area contributed by atoms with Gasteiger partial charge in [0.2, 0.25) is 0 Å². The quantitative estimate of drug-likeness (QED) is 0.861. The molecule has 1 atom stereocenters. The Hall–Kier alpha value is -0.590. The molecule has 2 aromatic heterocycles. The maximum atomic E-state index is 12.3. The van der Waals surface area contributed by atoms with E-state index in [9.17, 15) is 4.79 Å². The molecule has 0 saturated carbocycles. The SMILES string of the molecule is O=c1c2sccc2[nH]c(=S)n1CC1CCCS1. The third-order valence-corrected chi connectivity index (χ3v) is 5.61. The highest BCUT2D eigenvalue weighted by Crippen LogP contribution is 2.27. The maximum Gasteiger partial charge on any atom is 0.272 e. The van der Waals surface area contributed by atoms with E-state index in [1.807, 2.05) is 23.2 Å². The van der Waals surface area contributed by atoms with Crippen molar-refractivity contribution in [2.75, 3.05) is 5.75 Å². The Morgan fingerprint density at radius 3 is 3.24 bits per heavy atom. The molecule has 6 heteroatoms. The van der Waals surface area contributed by atoms with Crippen molar-refractivity contribution in [3.8, 4) is 0 Å². The molecule has 0 radical (unpaired) electrons. The first-order valence-corrected chi connectivity index (χ1v) is 7.91. The van der Waals surface area contributed by atoms with Crippen LogP contribution in [0.3, 0.4) is 0 Å². The minimum absolute atomic E-state index is 0.0613. The van der Waals surface area contributed by atoms with Crippen LogP contribution in [0, 0.1) is 4.77 Å². The van der Waals surface area contributed by atoms with Gasteiger partial charge in [-0.1, -0.05) is 0 Å². The molecule has 0 aromatic carbocycles. The number of fused-ring (bicyclic) bond motifs is 1. The van der Waals surface area contributed by atoms with Crippen molar-refractivity contribution in [1.82, 2.24) is 9.55 Å². The number of nitrogens with one attached hydrogen (secondary N) is 1. The van der Waals surface area contributed by atoms with Gasteiger partial charge in [-0.05, 0) is 42.3 Å². The van der Waals surface area contributed by atoms with E-state index in [1.54, 1.807) is 4.57 Å². The molecule has 2 aromatic rings. The van der Waals surface area contributed by atoms with Crippen molar-refractivity contribution in [2.45, 2.75) is 24.6 Å². The zero-order valence-corrected chi connectivity index (χ0v) is 11.6. The number of hydrogen-bond donors (Lipinski definition) is 1. The van der Waals surface area contributed by atoms with E-state index in [0.29, 0.717) is 10.0 Å². The van der Waals surface area contributed by atoms with Gasteiger partial charge >= 0.3 is 0 Å². The van der Waals surface area contributed by atoms with Crippen LogP contribution < -0.4 is 5.56 Å². The number of aromatic amines is 1. The number of rotatable bonds is 2. The van der Waals surface area contributed by atoms with Crippen LogP contribution in [0.15, 0.2) is 16.2 Å². The second-order valence-electron chi connectivity index (χ2n) is 4.14. The Morgan fingerprint density at radius 1 is 1.59 bits per heavy atom. The average Bonchev–Trinajstić information content (AvgIpc) is 2.94. The molecule has 0 spiro atoms. The summed E-state index contributed by atoms with van der Waals surface area (Å²) in [6.07, 6.45) is 2.44. The Morgan fingerprint density at radius 2 is 2.47 bits per heavy atom. The van der Waals surface area contributed by atoms with E-state index in [-0.39, 0.29) is 5.56 Å². The van der Waals surface area contributed by atoms with E-state index in [1.165, 1.54) is 29.9 Å². The highest BCUT2D eigenvalue weighted by atomic mass is 32.2. The van der Waals surface area contributed by atoms with Crippen LogP contribution >= 0.6 is 35.3 Å². The van der Waals surface area contributed by atoms with E-state index in [0.717, 1.165) is 16.8 Å². The van der Waals surface area contributed by atoms with Crippen LogP contribution in [-0.2, 0) is 6.54 Å². The molecule has 0 aliphatic carbocycles. The first-order valence-electron chi connectivity index (χ1n) is 5.57. The predicted octanol–water partition coefficient (Wildman–Crippen LogP) is 3.02. The van der Waals surface area contributed by atoms with Gasteiger partial charge < -0.3 is 4.98 Å². The van der Waals surface area contributed by atoms with Gasteiger partial charge in [-0.3, -0.25) is 9.36 Å². The molecule has 3 nitrogen and oxygen atoms in total. The molecule has 1 aliphatic rings. The van der Waals surface area contributed by atoms with Gasteiger partial charge in [0.05, 0.1) is 5.52 Å². The van der Waals surface area contributed by atoms with Gasteiger partial charge in [-0.15, -0.1) is 11.3 Å². The standard InChI is InChI=1S/C11H12N2OS3/c14-10-9-8(3-5-17-9)12-11(15)13(10)6-7-2-1-4-16-7/h3,5,7H,1-2,4,6H2,(H,12,15). The van der Waals surface area contributed by atoms with Gasteiger partial charge in [-0.2, -0.15) is 11.8 Å². The van der Waals surface area contributed by atoms with Gasteiger partial charge in [0.25, 0.3) is 5.56 Å². The summed E-state index contributed by atoms with van der Waals surface area (Å²) in [6.45, 7) is 0.743. The normalized spacial score (nSPS) is 20.1. The summed E-state index contributed by atoms with van der Waals surface area (Å²) in [6, 6.07) is 1.91. The fraction of sp³-hybridized carbons (Fsp3) is 0.455. The van der Waals surface area contributed by atoms with E-state index >= 15 is 0 Å². The van der Waals surface area contributed by atoms with Gasteiger partial charge in [0, 0.05) is 11.8 Å². The van der Waals surface area contributed by atoms with Crippen LogP contribution in [-0.4, -0.2) is 20.6 Å². The van der Waals surface area contributed by atoms with Crippen molar-refractivity contribution >= 4 is 45.5 Å². The summed E-state index contributed by atoms with van der Waals surface area (Å²) in [5, 5.41) is 2.46. The summed E-state index contributed by atoms with van der Waals surface area (Å²) < 4.78 is 3.05. The summed E-state index contributed by atoms with van der Waals surface area (Å²) in [4.78, 5) is 15.4. The van der Waals surface area contributed by atoms with Crippen molar-refractivity contribution in [3.05, 3.63) is 26.6 Å². The van der Waals surface area contributed by atoms with Gasteiger partial charge in [-0.25, -0.2) is 0 Å². The monoisotopic (exact) mass is 284 g/mol. The van der Waals surface area contributed by atoms with Crippen LogP contribution in [0.5, 0.6) is 0 Å². The molecular weight excluding hydrogens is 272 g/mol. The second kappa shape index (κ2) is 4.59. The molecular formula is C11H12N2OS3. The average molecular weight is 284 g/mol. The first-order chi connectivity index (χ1) is 8.25. The lowest BCUT2D eigenvalue weighted by Crippen LogP contribution is -2.25. The smallest absolute Gasteiger partial charge is 0.272 e. The molecule has 3 heterocycles. The van der Waals surface area contributed by atoms with Crippen LogP contribution in [0.2, 0.25) is 0 Å². The molecule has 3 rings (SSSR count). The molecule has 1 aliphatic heterocycles. The lowest BCUT2D eigenvalue weighted by molar-refractivity contribution is 0.609. The summed E-state index contributed by atoms with van der Waals surface area (Å²) >= 11 is 8.69. The Kier molecular flexibility index (Phi) is 3.10. The fourth-order valence-corrected chi connectivity index (χ4v) is 4.45. The summed E-state index contributed by atoms with van der Waals surface area (Å²) in [5.74, 6) is 1.21. The molecule has 1 saturated heterocycles. The Labute approximate surface area is 112 Å². The van der Waals surface area contributed by atoms with Crippen molar-refractivity contribution in [1.29, 1.82) is 0 Å². The third kappa shape index (κ3) is 2.09. The Balaban J connectivity index is 2.08. The third-order valence-electron chi connectivity index (χ3n) is 3.00. The number of H-pyrrole nitrogens is 1. The van der Waals surface area contributed by atoms with E-state index in [2.05, 4.69) is 4.98 Å². The molecule has 0 bridgehead atoms. The van der Waals surface area contributed by atoms with Crippen LogP contribution in [0.4, 0.5) is 0 Å². The molecule has 0 amide bonds. The first kappa shape index (κ1) is 11.5. The van der Waals surface area contributed by atoms with Crippen molar-refractivity contribution in [2.24, 2.45) is 0 Å². The molecule has 1 N–H and O–H groups in total. The lowest BCUT2D eigenvalue weighted by Gasteiger charge is -2.11. The number of thioether (sulfide) groups is 1. The van der Waals surface area contributed by atoms with Gasteiger partial charge in [0.15, 0.2) is 4.77 Å². The number of nitrogens with zero attached hydrogens (tertiary/aromatic N) is 1. The number of hydrogen-bond acceptors (Lipinski definition) is 4. The molecule has 1 fully saturated rings. The maximum absolute atomic E-state index is 12.3. The molecule has 90 valence electrons. The second-order valence-corrected chi connectivity index (χ2v) is 6.86. The van der Waals surface area contributed by atoms with E-state index in [4.69, 9.17) is 12.2 Å². The summed E-state index contributed by atoms with van der Waals surface area (Å²) in [5.41, 5.74) is 0.923. The number of thiophene rings is 1.